The molecule has 128 valence electrons. The van der Waals surface area contributed by atoms with Crippen LogP contribution in [0, 0.1) is 23.2 Å². The van der Waals surface area contributed by atoms with E-state index in [4.69, 9.17) is 4.43 Å². The van der Waals surface area contributed by atoms with Crippen LogP contribution in [0.3, 0.4) is 0 Å². The highest BCUT2D eigenvalue weighted by molar-refractivity contribution is 5.97. The van der Waals surface area contributed by atoms with Crippen LogP contribution >= 0.6 is 0 Å². The Morgan fingerprint density at radius 3 is 1.18 bits per heavy atom. The molecule has 22 heavy (non-hydrogen) atoms. The Morgan fingerprint density at radius 2 is 0.909 bits per heavy atom. The molecule has 0 heterocycles. The second-order valence-corrected chi connectivity index (χ2v) is 9.13. The molecule has 0 unspecified atom stereocenters. The second-order valence-electron chi connectivity index (χ2n) is 8.55. The molecule has 3 aliphatic carbocycles. The van der Waals surface area contributed by atoms with E-state index in [9.17, 15) is 0 Å². The van der Waals surface area contributed by atoms with Crippen LogP contribution in [0.2, 0.25) is 0 Å². The summed E-state index contributed by atoms with van der Waals surface area (Å²) in [5.41, 5.74) is 0.572. The summed E-state index contributed by atoms with van der Waals surface area (Å²) >= 11 is 0. The molecule has 0 N–H and O–H groups in total. The van der Waals surface area contributed by atoms with E-state index in [0.29, 0.717) is 5.41 Å². The first-order valence-electron chi connectivity index (χ1n) is 10.4. The summed E-state index contributed by atoms with van der Waals surface area (Å²) in [5.74, 6) is 2.96. The maximum Gasteiger partial charge on any atom is 0.145 e. The fraction of sp³-hybridized carbons (Fsp3) is 1.00. The maximum atomic E-state index is 6.11. The van der Waals surface area contributed by atoms with E-state index in [0.717, 1.165) is 34.8 Å². The molecule has 0 radical (unpaired) electrons. The van der Waals surface area contributed by atoms with Crippen molar-refractivity contribution in [3.63, 3.8) is 0 Å². The van der Waals surface area contributed by atoms with E-state index in [-0.39, 0.29) is 0 Å². The van der Waals surface area contributed by atoms with Crippen LogP contribution in [0.4, 0.5) is 0 Å². The Morgan fingerprint density at radius 1 is 0.591 bits per heavy atom. The zero-order valence-electron chi connectivity index (χ0n) is 15.0. The first-order valence-corrected chi connectivity index (χ1v) is 11.2. The van der Waals surface area contributed by atoms with Crippen molar-refractivity contribution in [2.75, 3.05) is 6.61 Å². The molecule has 0 bridgehead atoms. The molecule has 0 aromatic heterocycles. The predicted octanol–water partition coefficient (Wildman–Crippen LogP) is 5.01. The van der Waals surface area contributed by atoms with Crippen LogP contribution in [0.5, 0.6) is 0 Å². The van der Waals surface area contributed by atoms with Gasteiger partial charge in [-0.3, -0.25) is 0 Å². The van der Waals surface area contributed by atoms with Gasteiger partial charge in [0.15, 0.2) is 0 Å². The summed E-state index contributed by atoms with van der Waals surface area (Å²) in [5, 5.41) is 0. The van der Waals surface area contributed by atoms with Crippen molar-refractivity contribution in [3.8, 4) is 0 Å². The molecule has 3 saturated carbocycles. The molecular formula is C20H38OSi. The maximum absolute atomic E-state index is 6.11. The van der Waals surface area contributed by atoms with Crippen LogP contribution in [0.1, 0.15) is 96.3 Å². The van der Waals surface area contributed by atoms with Crippen molar-refractivity contribution in [2.24, 2.45) is 23.2 Å². The average molecular weight is 323 g/mol. The highest BCUT2D eigenvalue weighted by Crippen LogP contribution is 2.56. The zero-order chi connectivity index (χ0) is 15.3. The van der Waals surface area contributed by atoms with Gasteiger partial charge in [-0.2, -0.15) is 0 Å². The van der Waals surface area contributed by atoms with Crippen LogP contribution in [0.15, 0.2) is 0 Å². The summed E-state index contributed by atoms with van der Waals surface area (Å²) in [6.45, 7) is 1.12. The van der Waals surface area contributed by atoms with Gasteiger partial charge in [-0.05, 0) is 56.3 Å². The van der Waals surface area contributed by atoms with Gasteiger partial charge < -0.3 is 4.43 Å². The molecule has 0 atom stereocenters. The van der Waals surface area contributed by atoms with Gasteiger partial charge in [-0.15, -0.1) is 0 Å². The van der Waals surface area contributed by atoms with Crippen molar-refractivity contribution >= 4 is 10.5 Å². The largest absolute Gasteiger partial charge is 0.427 e. The van der Waals surface area contributed by atoms with Gasteiger partial charge in [-0.1, -0.05) is 57.8 Å². The normalized spacial score (nSPS) is 27.3. The van der Waals surface area contributed by atoms with Gasteiger partial charge >= 0.3 is 0 Å². The third-order valence-corrected chi connectivity index (χ3v) is 7.78. The van der Waals surface area contributed by atoms with Crippen LogP contribution in [0.25, 0.3) is 0 Å². The Bertz CT molecular complexity index is 266. The Balaban J connectivity index is 1.88. The average Bonchev–Trinajstić information content (AvgIpc) is 2.62. The van der Waals surface area contributed by atoms with Crippen molar-refractivity contribution in [1.29, 1.82) is 0 Å². The Hall–Kier alpha value is 0.177. The number of rotatable bonds is 5. The lowest BCUT2D eigenvalue weighted by atomic mass is 9.52. The molecule has 0 saturated heterocycles. The SMILES string of the molecule is [SiH3]OCC(C1CCCCC1)(C1CCCCC1)C1CCCCC1. The minimum atomic E-state index is 0.572. The van der Waals surface area contributed by atoms with E-state index >= 15 is 0 Å². The summed E-state index contributed by atoms with van der Waals surface area (Å²) in [6.07, 6.45) is 22.5. The van der Waals surface area contributed by atoms with Crippen molar-refractivity contribution in [3.05, 3.63) is 0 Å². The standard InChI is InChI=1S/C20H38OSi/c22-21-16-20(17-10-4-1-5-11-17,18-12-6-2-7-13-18)19-14-8-3-9-15-19/h17-19H,1-16H2,22H3. The van der Waals surface area contributed by atoms with Crippen LogP contribution in [-0.4, -0.2) is 17.1 Å². The third kappa shape index (κ3) is 3.48. The molecule has 0 amide bonds. The minimum Gasteiger partial charge on any atom is -0.427 e. The fourth-order valence-corrected chi connectivity index (χ4v) is 7.02. The van der Waals surface area contributed by atoms with Crippen molar-refractivity contribution in [2.45, 2.75) is 96.3 Å². The molecule has 0 spiro atoms. The van der Waals surface area contributed by atoms with Gasteiger partial charge in [0.2, 0.25) is 0 Å². The minimum absolute atomic E-state index is 0.572. The summed E-state index contributed by atoms with van der Waals surface area (Å²) in [6, 6.07) is 0. The topological polar surface area (TPSA) is 9.23 Å². The summed E-state index contributed by atoms with van der Waals surface area (Å²) in [4.78, 5) is 0. The van der Waals surface area contributed by atoms with Crippen LogP contribution < -0.4 is 0 Å². The van der Waals surface area contributed by atoms with Gasteiger partial charge in [0.05, 0.1) is 0 Å². The van der Waals surface area contributed by atoms with Gasteiger partial charge in [0, 0.05) is 12.0 Å². The lowest BCUT2D eigenvalue weighted by Crippen LogP contribution is -2.50. The number of hydrogen-bond donors (Lipinski definition) is 0. The third-order valence-electron chi connectivity index (χ3n) is 7.49. The fourth-order valence-electron chi connectivity index (χ4n) is 6.52. The Labute approximate surface area is 141 Å². The summed E-state index contributed by atoms with van der Waals surface area (Å²) in [7, 11) is 0.931. The predicted molar refractivity (Wildman–Crippen MR) is 98.0 cm³/mol. The molecule has 2 heteroatoms. The second kappa shape index (κ2) is 8.33. The smallest absolute Gasteiger partial charge is 0.145 e. The lowest BCUT2D eigenvalue weighted by Gasteiger charge is -2.54. The molecule has 3 aliphatic rings. The highest BCUT2D eigenvalue weighted by Gasteiger charge is 2.50. The van der Waals surface area contributed by atoms with Crippen molar-refractivity contribution < 1.29 is 4.43 Å². The molecule has 1 nitrogen and oxygen atoms in total. The van der Waals surface area contributed by atoms with Gasteiger partial charge in [-0.25, -0.2) is 0 Å². The molecule has 0 aliphatic heterocycles. The Kier molecular flexibility index (Phi) is 6.44. The number of hydrogen-bond acceptors (Lipinski definition) is 1. The van der Waals surface area contributed by atoms with E-state index in [1.165, 1.54) is 96.3 Å². The monoisotopic (exact) mass is 322 g/mol. The molecular weight excluding hydrogens is 284 g/mol. The molecule has 0 aromatic carbocycles. The summed E-state index contributed by atoms with van der Waals surface area (Å²) < 4.78 is 6.11. The van der Waals surface area contributed by atoms with Crippen molar-refractivity contribution in [1.82, 2.24) is 0 Å². The first kappa shape index (κ1) is 17.0. The first-order chi connectivity index (χ1) is 10.9. The molecule has 3 rings (SSSR count). The van der Waals surface area contributed by atoms with Gasteiger partial charge in [0.1, 0.15) is 10.5 Å². The zero-order valence-corrected chi connectivity index (χ0v) is 17.0. The quantitative estimate of drug-likeness (QED) is 0.646. The molecule has 3 fully saturated rings. The lowest BCUT2D eigenvalue weighted by molar-refractivity contribution is -0.0780. The highest BCUT2D eigenvalue weighted by atomic mass is 28.2. The van der Waals surface area contributed by atoms with E-state index in [2.05, 4.69) is 0 Å². The van der Waals surface area contributed by atoms with E-state index in [1.54, 1.807) is 0 Å². The van der Waals surface area contributed by atoms with Crippen LogP contribution in [-0.2, 0) is 4.43 Å². The molecule has 0 aromatic rings. The van der Waals surface area contributed by atoms with Gasteiger partial charge in [0.25, 0.3) is 0 Å². The van der Waals surface area contributed by atoms with E-state index in [1.807, 2.05) is 0 Å². The van der Waals surface area contributed by atoms with E-state index < -0.39 is 0 Å².